The van der Waals surface area contributed by atoms with Crippen LogP contribution < -0.4 is 16.2 Å². The van der Waals surface area contributed by atoms with Gasteiger partial charge in [-0.3, -0.25) is 9.36 Å². The Morgan fingerprint density at radius 3 is 2.64 bits per heavy atom. The number of likely N-dealkylation sites (N-methyl/N-ethyl adjacent to an activating group) is 1. The Bertz CT molecular complexity index is 1730. The van der Waals surface area contributed by atoms with Gasteiger partial charge in [-0.05, 0) is 75.5 Å². The van der Waals surface area contributed by atoms with Gasteiger partial charge in [0.2, 0.25) is 5.95 Å². The SMILES string of the molecule is COCCS(=O)(=O)c1ncsc1Cn1c(=O)c(C2CC2)cc2cnc(Nc3ccc(NC4CCCN(C)C4)cc3)nc21. The highest BCUT2D eigenvalue weighted by atomic mass is 32.2. The number of fused-ring (bicyclic) bond motifs is 1. The van der Waals surface area contributed by atoms with Gasteiger partial charge < -0.3 is 20.3 Å². The summed E-state index contributed by atoms with van der Waals surface area (Å²) in [4.78, 5) is 29.9. The van der Waals surface area contributed by atoms with Gasteiger partial charge in [0.05, 0.1) is 29.3 Å². The van der Waals surface area contributed by atoms with E-state index in [2.05, 4.69) is 32.5 Å². The molecular weight excluding hydrogens is 574 g/mol. The first kappa shape index (κ1) is 28.7. The van der Waals surface area contributed by atoms with Crippen LogP contribution in [0.2, 0.25) is 0 Å². The van der Waals surface area contributed by atoms with Crippen molar-refractivity contribution in [3.05, 3.63) is 62.8 Å². The van der Waals surface area contributed by atoms with Crippen molar-refractivity contribution < 1.29 is 13.2 Å². The van der Waals surface area contributed by atoms with Crippen molar-refractivity contribution in [2.24, 2.45) is 0 Å². The summed E-state index contributed by atoms with van der Waals surface area (Å²) in [5.74, 6) is 0.375. The van der Waals surface area contributed by atoms with E-state index in [1.807, 2.05) is 30.3 Å². The number of rotatable bonds is 11. The van der Waals surface area contributed by atoms with Crippen LogP contribution in [0, 0.1) is 0 Å². The molecule has 4 aromatic rings. The lowest BCUT2D eigenvalue weighted by atomic mass is 10.1. The van der Waals surface area contributed by atoms with E-state index >= 15 is 0 Å². The molecule has 1 atom stereocenters. The molecule has 1 saturated heterocycles. The van der Waals surface area contributed by atoms with Crippen LogP contribution in [-0.2, 0) is 21.1 Å². The van der Waals surface area contributed by atoms with E-state index in [-0.39, 0.29) is 35.4 Å². The second-order valence-electron chi connectivity index (χ2n) is 11.1. The number of pyridine rings is 1. The number of nitrogens with one attached hydrogen (secondary N) is 2. The number of ether oxygens (including phenoxy) is 1. The number of hydrogen-bond donors (Lipinski definition) is 2. The maximum Gasteiger partial charge on any atom is 0.256 e. The molecule has 11 nitrogen and oxygen atoms in total. The van der Waals surface area contributed by atoms with Crippen LogP contribution in [0.5, 0.6) is 0 Å². The Kier molecular flexibility index (Phi) is 8.26. The topological polar surface area (TPSA) is 131 Å². The lowest BCUT2D eigenvalue weighted by Crippen LogP contribution is -2.39. The number of aromatic nitrogens is 4. The standard InChI is InChI=1S/C29H35N7O4S2/c1-35-11-3-4-23(16-35)32-21-7-9-22(10-8-21)33-29-30-15-20-14-24(19-5-6-19)28(37)36(26(20)34-29)17-25-27(31-18-41-25)42(38,39)13-12-40-2/h7-10,14-15,18-19,23,32H,3-6,11-13,16-17H2,1-2H3,(H,30,33,34). The quantitative estimate of drug-likeness (QED) is 0.259. The van der Waals surface area contributed by atoms with E-state index < -0.39 is 9.84 Å². The minimum Gasteiger partial charge on any atom is -0.384 e. The van der Waals surface area contributed by atoms with Gasteiger partial charge >= 0.3 is 0 Å². The molecule has 0 radical (unpaired) electrons. The number of anilines is 3. The zero-order valence-electron chi connectivity index (χ0n) is 23.7. The first-order valence-electron chi connectivity index (χ1n) is 14.2. The molecule has 0 amide bonds. The van der Waals surface area contributed by atoms with Crippen LogP contribution in [0.3, 0.4) is 0 Å². The Balaban J connectivity index is 1.28. The van der Waals surface area contributed by atoms with Gasteiger partial charge in [-0.2, -0.15) is 4.98 Å². The highest BCUT2D eigenvalue weighted by molar-refractivity contribution is 7.91. The summed E-state index contributed by atoms with van der Waals surface area (Å²) >= 11 is 1.21. The van der Waals surface area contributed by atoms with Crippen molar-refractivity contribution >= 4 is 49.5 Å². The van der Waals surface area contributed by atoms with Gasteiger partial charge in [0.1, 0.15) is 5.65 Å². The summed E-state index contributed by atoms with van der Waals surface area (Å²) in [5.41, 5.74) is 4.37. The lowest BCUT2D eigenvalue weighted by molar-refractivity contribution is 0.217. The highest BCUT2D eigenvalue weighted by Crippen LogP contribution is 2.39. The molecule has 222 valence electrons. The number of piperidine rings is 1. The third-order valence-corrected chi connectivity index (χ3v) is 10.4. The molecule has 13 heteroatoms. The van der Waals surface area contributed by atoms with Crippen LogP contribution in [-0.4, -0.2) is 78.5 Å². The van der Waals surface area contributed by atoms with E-state index in [9.17, 15) is 13.2 Å². The zero-order valence-corrected chi connectivity index (χ0v) is 25.4. The number of likely N-dealkylation sites (tertiary alicyclic amines) is 1. The zero-order chi connectivity index (χ0) is 29.3. The van der Waals surface area contributed by atoms with Crippen LogP contribution in [0.1, 0.15) is 42.0 Å². The average molecular weight is 610 g/mol. The van der Waals surface area contributed by atoms with Crippen LogP contribution in [0.25, 0.3) is 11.0 Å². The molecule has 2 aliphatic rings. The smallest absolute Gasteiger partial charge is 0.256 e. The predicted molar refractivity (Wildman–Crippen MR) is 165 cm³/mol. The molecule has 1 aromatic carbocycles. The number of sulfone groups is 1. The summed E-state index contributed by atoms with van der Waals surface area (Å²) in [6.45, 7) is 2.28. The van der Waals surface area contributed by atoms with Crippen molar-refractivity contribution in [2.75, 3.05) is 50.2 Å². The Labute approximate surface area is 248 Å². The molecule has 1 aliphatic carbocycles. The minimum atomic E-state index is -3.67. The van der Waals surface area contributed by atoms with Gasteiger partial charge in [0.25, 0.3) is 5.56 Å². The predicted octanol–water partition coefficient (Wildman–Crippen LogP) is 3.84. The average Bonchev–Trinajstić information content (AvgIpc) is 3.71. The molecular formula is C29H35N7O4S2. The fraction of sp³-hybridized carbons (Fsp3) is 0.448. The van der Waals surface area contributed by atoms with Gasteiger partial charge in [0, 0.05) is 48.2 Å². The second kappa shape index (κ2) is 12.1. The van der Waals surface area contributed by atoms with E-state index in [4.69, 9.17) is 9.72 Å². The van der Waals surface area contributed by atoms with Gasteiger partial charge in [-0.1, -0.05) is 0 Å². The van der Waals surface area contributed by atoms with Crippen LogP contribution in [0.15, 0.2) is 51.9 Å². The number of nitrogens with zero attached hydrogens (tertiary/aromatic N) is 5. The summed E-state index contributed by atoms with van der Waals surface area (Å²) < 4.78 is 32.4. The summed E-state index contributed by atoms with van der Waals surface area (Å²) in [7, 11) is -0.0601. The second-order valence-corrected chi connectivity index (χ2v) is 14.0. The number of thiazole rings is 1. The van der Waals surface area contributed by atoms with E-state index in [1.54, 1.807) is 10.8 Å². The summed E-state index contributed by atoms with van der Waals surface area (Å²) in [6, 6.07) is 10.3. The summed E-state index contributed by atoms with van der Waals surface area (Å²) in [6.07, 6.45) is 5.97. The van der Waals surface area contributed by atoms with Crippen molar-refractivity contribution in [2.45, 2.75) is 49.2 Å². The van der Waals surface area contributed by atoms with Gasteiger partial charge in [-0.25, -0.2) is 18.4 Å². The van der Waals surface area contributed by atoms with E-state index in [0.29, 0.717) is 28.1 Å². The highest BCUT2D eigenvalue weighted by Gasteiger charge is 2.29. The van der Waals surface area contributed by atoms with Crippen molar-refractivity contribution in [1.82, 2.24) is 24.4 Å². The van der Waals surface area contributed by atoms with E-state index in [0.717, 1.165) is 49.1 Å². The maximum atomic E-state index is 13.7. The minimum absolute atomic E-state index is 0.0117. The largest absolute Gasteiger partial charge is 0.384 e. The normalized spacial score (nSPS) is 17.9. The monoisotopic (exact) mass is 609 g/mol. The molecule has 0 spiro atoms. The molecule has 6 rings (SSSR count). The number of methoxy groups -OCH3 is 1. The number of benzene rings is 1. The van der Waals surface area contributed by atoms with Crippen molar-refractivity contribution in [3.8, 4) is 0 Å². The van der Waals surface area contributed by atoms with Crippen LogP contribution >= 0.6 is 11.3 Å². The fourth-order valence-electron chi connectivity index (χ4n) is 5.43. The molecule has 2 fully saturated rings. The third-order valence-electron chi connectivity index (χ3n) is 7.76. The molecule has 1 unspecified atom stereocenters. The molecule has 3 aromatic heterocycles. The van der Waals surface area contributed by atoms with Crippen molar-refractivity contribution in [3.63, 3.8) is 0 Å². The van der Waals surface area contributed by atoms with E-state index in [1.165, 1.54) is 30.4 Å². The van der Waals surface area contributed by atoms with Gasteiger partial charge in [-0.15, -0.1) is 11.3 Å². The van der Waals surface area contributed by atoms with Gasteiger partial charge in [0.15, 0.2) is 14.9 Å². The molecule has 1 aliphatic heterocycles. The first-order chi connectivity index (χ1) is 20.3. The molecule has 0 bridgehead atoms. The first-order valence-corrected chi connectivity index (χ1v) is 16.7. The molecule has 2 N–H and O–H groups in total. The Morgan fingerprint density at radius 1 is 1.12 bits per heavy atom. The lowest BCUT2D eigenvalue weighted by Gasteiger charge is -2.30. The Hall–Kier alpha value is -3.39. The van der Waals surface area contributed by atoms with Crippen molar-refractivity contribution in [1.29, 1.82) is 0 Å². The maximum absolute atomic E-state index is 13.7. The summed E-state index contributed by atoms with van der Waals surface area (Å²) in [5, 5.41) is 7.59. The number of hydrogen-bond acceptors (Lipinski definition) is 11. The Morgan fingerprint density at radius 2 is 1.90 bits per heavy atom. The molecule has 42 heavy (non-hydrogen) atoms. The molecule has 4 heterocycles. The molecule has 1 saturated carbocycles. The van der Waals surface area contributed by atoms with Crippen LogP contribution in [0.4, 0.5) is 17.3 Å². The third kappa shape index (κ3) is 6.33. The fourth-order valence-corrected chi connectivity index (χ4v) is 7.86.